The molecule has 2 heterocycles. The molecule has 0 bridgehead atoms. The SMILES string of the molecule is NC(=O)C(NC(=O)C1CCCCC1c1ccc(CN(C(=O)N2CCOCC2)c2ccc(F)cc2)cc1)c1cccnc1. The number of rotatable bonds is 8. The molecule has 1 aliphatic heterocycles. The molecule has 1 saturated heterocycles. The highest BCUT2D eigenvalue weighted by Gasteiger charge is 2.34. The number of carbonyl (C=O) groups is 3. The van der Waals surface area contributed by atoms with E-state index in [2.05, 4.69) is 10.3 Å². The largest absolute Gasteiger partial charge is 0.378 e. The van der Waals surface area contributed by atoms with Gasteiger partial charge >= 0.3 is 6.03 Å². The molecule has 1 aromatic heterocycles. The molecule has 3 unspecified atom stereocenters. The molecule has 4 amide bonds. The molecule has 5 rings (SSSR count). The monoisotopic (exact) mass is 573 g/mol. The first-order valence-electron chi connectivity index (χ1n) is 14.4. The summed E-state index contributed by atoms with van der Waals surface area (Å²) in [7, 11) is 0. The summed E-state index contributed by atoms with van der Waals surface area (Å²) < 4.78 is 19.1. The highest BCUT2D eigenvalue weighted by molar-refractivity contribution is 5.92. The number of urea groups is 1. The summed E-state index contributed by atoms with van der Waals surface area (Å²) in [6.45, 7) is 2.27. The summed E-state index contributed by atoms with van der Waals surface area (Å²) in [5.74, 6) is -1.52. The first-order chi connectivity index (χ1) is 20.4. The Morgan fingerprint density at radius 1 is 1.02 bits per heavy atom. The van der Waals surface area contributed by atoms with Crippen molar-refractivity contribution in [2.45, 2.75) is 44.2 Å². The molecule has 2 fully saturated rings. The minimum absolute atomic E-state index is 0.0154. The van der Waals surface area contributed by atoms with Crippen molar-refractivity contribution in [2.24, 2.45) is 11.7 Å². The summed E-state index contributed by atoms with van der Waals surface area (Å²) in [5, 5.41) is 2.87. The van der Waals surface area contributed by atoms with Gasteiger partial charge in [-0.3, -0.25) is 19.5 Å². The fourth-order valence-corrected chi connectivity index (χ4v) is 5.83. The van der Waals surface area contributed by atoms with Crippen molar-refractivity contribution in [2.75, 3.05) is 31.2 Å². The number of carbonyl (C=O) groups excluding carboxylic acids is 3. The van der Waals surface area contributed by atoms with E-state index in [-0.39, 0.29) is 29.6 Å². The number of nitrogens with one attached hydrogen (secondary N) is 1. The van der Waals surface area contributed by atoms with Gasteiger partial charge < -0.3 is 20.7 Å². The number of morpholine rings is 1. The number of ether oxygens (including phenoxy) is 1. The number of nitrogens with zero attached hydrogens (tertiary/aromatic N) is 3. The van der Waals surface area contributed by atoms with E-state index in [9.17, 15) is 18.8 Å². The molecule has 3 N–H and O–H groups in total. The van der Waals surface area contributed by atoms with Crippen molar-refractivity contribution in [3.8, 4) is 0 Å². The van der Waals surface area contributed by atoms with Gasteiger partial charge in [0, 0.05) is 42.7 Å². The Bertz CT molecular complexity index is 1360. The Morgan fingerprint density at radius 3 is 2.40 bits per heavy atom. The molecule has 2 aliphatic rings. The lowest BCUT2D eigenvalue weighted by Gasteiger charge is -2.33. The molecule has 3 atom stereocenters. The molecule has 2 aromatic carbocycles. The van der Waals surface area contributed by atoms with Gasteiger partial charge in [-0.05, 0) is 60.2 Å². The second-order valence-electron chi connectivity index (χ2n) is 10.8. The lowest BCUT2D eigenvalue weighted by atomic mass is 9.74. The third-order valence-electron chi connectivity index (χ3n) is 8.09. The number of pyridine rings is 1. The summed E-state index contributed by atoms with van der Waals surface area (Å²) in [4.78, 5) is 46.6. The Hall–Kier alpha value is -4.31. The molecule has 0 radical (unpaired) electrons. The fraction of sp³-hybridized carbons (Fsp3) is 0.375. The van der Waals surface area contributed by atoms with Gasteiger partial charge in [0.2, 0.25) is 11.8 Å². The topological polar surface area (TPSA) is 118 Å². The Labute approximate surface area is 244 Å². The van der Waals surface area contributed by atoms with Crippen molar-refractivity contribution in [1.29, 1.82) is 0 Å². The van der Waals surface area contributed by atoms with Gasteiger partial charge in [0.1, 0.15) is 11.9 Å². The van der Waals surface area contributed by atoms with Crippen molar-refractivity contribution in [3.63, 3.8) is 0 Å². The fourth-order valence-electron chi connectivity index (χ4n) is 5.83. The number of nitrogens with two attached hydrogens (primary N) is 1. The maximum absolute atomic E-state index is 13.7. The van der Waals surface area contributed by atoms with Crippen LogP contribution >= 0.6 is 0 Å². The van der Waals surface area contributed by atoms with Crippen molar-refractivity contribution >= 4 is 23.5 Å². The lowest BCUT2D eigenvalue weighted by molar-refractivity contribution is -0.131. The quantitative estimate of drug-likeness (QED) is 0.417. The molecule has 1 aliphatic carbocycles. The summed E-state index contributed by atoms with van der Waals surface area (Å²) in [5.41, 5.74) is 8.73. The Morgan fingerprint density at radius 2 is 1.74 bits per heavy atom. The molecule has 10 heteroatoms. The summed E-state index contributed by atoms with van der Waals surface area (Å²) in [6, 6.07) is 16.2. The molecule has 1 saturated carbocycles. The van der Waals surface area contributed by atoms with Crippen LogP contribution in [-0.4, -0.2) is 54.0 Å². The lowest BCUT2D eigenvalue weighted by Crippen LogP contribution is -2.48. The number of anilines is 1. The highest BCUT2D eigenvalue weighted by atomic mass is 19.1. The second-order valence-corrected chi connectivity index (χ2v) is 10.8. The van der Waals surface area contributed by atoms with Crippen LogP contribution < -0.4 is 16.0 Å². The van der Waals surface area contributed by atoms with Gasteiger partial charge in [-0.1, -0.05) is 43.2 Å². The summed E-state index contributed by atoms with van der Waals surface area (Å²) >= 11 is 0. The standard InChI is InChI=1S/C32H36FN5O4/c33-25-11-13-26(14-12-25)38(32(41)37-16-18-42-19-17-37)21-22-7-9-23(10-8-22)27-5-1-2-6-28(27)31(40)36-29(30(34)39)24-4-3-15-35-20-24/h3-4,7-15,20,27-29H,1-2,5-6,16-19,21H2,(H2,34,39)(H,36,40). The van der Waals surface area contributed by atoms with Crippen LogP contribution in [0.3, 0.4) is 0 Å². The van der Waals surface area contributed by atoms with Gasteiger partial charge in [-0.25, -0.2) is 9.18 Å². The smallest absolute Gasteiger partial charge is 0.324 e. The van der Waals surface area contributed by atoms with E-state index in [0.717, 1.165) is 30.4 Å². The van der Waals surface area contributed by atoms with Gasteiger partial charge in [-0.15, -0.1) is 0 Å². The number of amides is 4. The van der Waals surface area contributed by atoms with Crippen molar-refractivity contribution in [1.82, 2.24) is 15.2 Å². The van der Waals surface area contributed by atoms with Crippen LogP contribution in [0.5, 0.6) is 0 Å². The van der Waals surface area contributed by atoms with Crippen molar-refractivity contribution in [3.05, 3.63) is 95.6 Å². The third-order valence-corrected chi connectivity index (χ3v) is 8.09. The van der Waals surface area contributed by atoms with Crippen LogP contribution in [-0.2, 0) is 20.9 Å². The molecule has 42 heavy (non-hydrogen) atoms. The van der Waals surface area contributed by atoms with E-state index in [0.29, 0.717) is 50.5 Å². The number of hydrogen-bond donors (Lipinski definition) is 2. The first kappa shape index (κ1) is 29.2. The number of aromatic nitrogens is 1. The van der Waals surface area contributed by atoms with E-state index in [1.807, 2.05) is 24.3 Å². The molecular weight excluding hydrogens is 537 g/mol. The second kappa shape index (κ2) is 13.6. The number of primary amides is 1. The van der Waals surface area contributed by atoms with Crippen molar-refractivity contribution < 1.29 is 23.5 Å². The number of benzene rings is 2. The highest BCUT2D eigenvalue weighted by Crippen LogP contribution is 2.38. The molecule has 9 nitrogen and oxygen atoms in total. The van der Waals surface area contributed by atoms with Gasteiger partial charge in [0.25, 0.3) is 0 Å². The zero-order chi connectivity index (χ0) is 29.5. The zero-order valence-electron chi connectivity index (χ0n) is 23.5. The molecule has 220 valence electrons. The Kier molecular flexibility index (Phi) is 9.43. The zero-order valence-corrected chi connectivity index (χ0v) is 23.5. The van der Waals surface area contributed by atoms with Gasteiger partial charge in [0.15, 0.2) is 0 Å². The molecule has 0 spiro atoms. The number of hydrogen-bond acceptors (Lipinski definition) is 5. The van der Waals surface area contributed by atoms with Crippen LogP contribution in [0.2, 0.25) is 0 Å². The summed E-state index contributed by atoms with van der Waals surface area (Å²) in [6.07, 6.45) is 6.63. The van der Waals surface area contributed by atoms with E-state index in [1.54, 1.807) is 40.3 Å². The van der Waals surface area contributed by atoms with Crippen LogP contribution in [0.4, 0.5) is 14.9 Å². The molecular formula is C32H36FN5O4. The first-order valence-corrected chi connectivity index (χ1v) is 14.4. The maximum Gasteiger partial charge on any atom is 0.324 e. The van der Waals surface area contributed by atoms with E-state index < -0.39 is 11.9 Å². The van der Waals surface area contributed by atoms with E-state index >= 15 is 0 Å². The third kappa shape index (κ3) is 6.94. The predicted molar refractivity (Wildman–Crippen MR) is 156 cm³/mol. The van der Waals surface area contributed by atoms with Gasteiger partial charge in [-0.2, -0.15) is 0 Å². The minimum atomic E-state index is -0.947. The van der Waals surface area contributed by atoms with E-state index in [4.69, 9.17) is 10.5 Å². The predicted octanol–water partition coefficient (Wildman–Crippen LogP) is 4.30. The van der Waals surface area contributed by atoms with E-state index in [1.165, 1.54) is 18.3 Å². The number of halogens is 1. The maximum atomic E-state index is 13.7. The van der Waals surface area contributed by atoms with Crippen LogP contribution in [0.15, 0.2) is 73.1 Å². The van der Waals surface area contributed by atoms with Crippen LogP contribution in [0.1, 0.15) is 54.3 Å². The average molecular weight is 574 g/mol. The minimum Gasteiger partial charge on any atom is -0.378 e. The normalized spacial score (nSPS) is 19.5. The molecule has 3 aromatic rings. The van der Waals surface area contributed by atoms with Crippen LogP contribution in [0, 0.1) is 11.7 Å². The Balaban J connectivity index is 1.32. The average Bonchev–Trinajstić information content (AvgIpc) is 3.03. The van der Waals surface area contributed by atoms with Gasteiger partial charge in [0.05, 0.1) is 19.8 Å². The van der Waals surface area contributed by atoms with Crippen LogP contribution in [0.25, 0.3) is 0 Å².